The zero-order chi connectivity index (χ0) is 46.2. The molecule has 0 N–H and O–H groups in total. The van der Waals surface area contributed by atoms with Crippen molar-refractivity contribution in [2.45, 2.75) is 5.41 Å². The summed E-state index contributed by atoms with van der Waals surface area (Å²) in [6.07, 6.45) is 0. The Hall–Kier alpha value is -9.18. The molecule has 3 heteroatoms. The normalized spacial score (nSPS) is 12.7. The van der Waals surface area contributed by atoms with Crippen LogP contribution in [0.5, 0.6) is 0 Å². The zero-order valence-electron chi connectivity index (χ0n) is 38.1. The first-order valence-electron chi connectivity index (χ1n) is 24.0. The number of para-hydroxylation sites is 3. The summed E-state index contributed by atoms with van der Waals surface area (Å²) in [5.41, 5.74) is 20.6. The first kappa shape index (κ1) is 39.9. The summed E-state index contributed by atoms with van der Waals surface area (Å²) in [7, 11) is 0. The van der Waals surface area contributed by atoms with Gasteiger partial charge in [0.1, 0.15) is 22.3 Å². The second kappa shape index (κ2) is 16.0. The molecule has 0 fully saturated rings. The molecule has 0 radical (unpaired) electrons. The first-order chi connectivity index (χ1) is 34.7. The molecule has 70 heavy (non-hydrogen) atoms. The molecule has 2 heterocycles. The van der Waals surface area contributed by atoms with Crippen LogP contribution < -0.4 is 4.90 Å². The van der Waals surface area contributed by atoms with Gasteiger partial charge < -0.3 is 13.7 Å². The molecular formula is C67H43NO2. The Bertz CT molecular complexity index is 4050. The number of hydrogen-bond acceptors (Lipinski definition) is 3. The number of rotatable bonds is 8. The van der Waals surface area contributed by atoms with E-state index in [0.717, 1.165) is 94.3 Å². The highest BCUT2D eigenvalue weighted by Gasteiger charge is 2.47. The predicted molar refractivity (Wildman–Crippen MR) is 289 cm³/mol. The van der Waals surface area contributed by atoms with E-state index in [1.165, 1.54) is 33.4 Å². The number of hydrogen-bond donors (Lipinski definition) is 0. The van der Waals surface area contributed by atoms with Gasteiger partial charge in [-0.05, 0) is 110 Å². The molecule has 3 nitrogen and oxygen atoms in total. The topological polar surface area (TPSA) is 29.5 Å². The van der Waals surface area contributed by atoms with Gasteiger partial charge in [0.2, 0.25) is 0 Å². The maximum absolute atomic E-state index is 6.41. The minimum absolute atomic E-state index is 0.527. The Morgan fingerprint density at radius 1 is 0.300 bits per heavy atom. The Kier molecular flexibility index (Phi) is 9.11. The minimum Gasteiger partial charge on any atom is -0.456 e. The van der Waals surface area contributed by atoms with Crippen molar-refractivity contribution in [3.05, 3.63) is 283 Å². The molecule has 1 aliphatic rings. The van der Waals surface area contributed by atoms with Crippen molar-refractivity contribution in [1.29, 1.82) is 0 Å². The monoisotopic (exact) mass is 893 g/mol. The van der Waals surface area contributed by atoms with Crippen molar-refractivity contribution in [1.82, 2.24) is 0 Å². The highest BCUT2D eigenvalue weighted by atomic mass is 16.3. The van der Waals surface area contributed by atoms with E-state index >= 15 is 0 Å². The van der Waals surface area contributed by atoms with Gasteiger partial charge in [-0.3, -0.25) is 0 Å². The number of fused-ring (bicyclic) bond motifs is 9. The summed E-state index contributed by atoms with van der Waals surface area (Å²) in [5, 5.41) is 4.53. The average molecular weight is 894 g/mol. The van der Waals surface area contributed by atoms with Crippen LogP contribution in [0.1, 0.15) is 22.3 Å². The summed E-state index contributed by atoms with van der Waals surface area (Å²) in [6.45, 7) is 0. The molecule has 0 aliphatic heterocycles. The van der Waals surface area contributed by atoms with Crippen molar-refractivity contribution in [2.24, 2.45) is 0 Å². The lowest BCUT2D eigenvalue weighted by Crippen LogP contribution is -2.28. The van der Waals surface area contributed by atoms with Crippen LogP contribution in [0.4, 0.5) is 17.1 Å². The average Bonchev–Trinajstić information content (AvgIpc) is 4.11. The van der Waals surface area contributed by atoms with E-state index in [1.807, 2.05) is 24.3 Å². The van der Waals surface area contributed by atoms with Crippen molar-refractivity contribution in [2.75, 3.05) is 4.90 Å². The highest BCUT2D eigenvalue weighted by molar-refractivity contribution is 6.10. The zero-order valence-corrected chi connectivity index (χ0v) is 38.1. The van der Waals surface area contributed by atoms with Crippen LogP contribution in [0.25, 0.3) is 88.4 Å². The molecule has 0 atom stereocenters. The van der Waals surface area contributed by atoms with Crippen LogP contribution in [0.15, 0.2) is 270 Å². The smallest absolute Gasteiger partial charge is 0.143 e. The van der Waals surface area contributed by atoms with E-state index < -0.39 is 5.41 Å². The van der Waals surface area contributed by atoms with Gasteiger partial charge in [0, 0.05) is 44.0 Å². The van der Waals surface area contributed by atoms with Crippen LogP contribution in [0.2, 0.25) is 0 Å². The van der Waals surface area contributed by atoms with Crippen LogP contribution in [0, 0.1) is 0 Å². The fraction of sp³-hybridized carbons (Fsp3) is 0.0149. The van der Waals surface area contributed by atoms with E-state index in [2.05, 4.69) is 241 Å². The molecular weight excluding hydrogens is 851 g/mol. The molecule has 0 saturated carbocycles. The van der Waals surface area contributed by atoms with E-state index in [9.17, 15) is 0 Å². The van der Waals surface area contributed by atoms with Gasteiger partial charge in [-0.1, -0.05) is 206 Å². The molecule has 0 unspecified atom stereocenters. The molecule has 14 rings (SSSR count). The molecule has 0 saturated heterocycles. The SMILES string of the molecule is c1ccc(C2(c3ccccc3)c3ccccc3-c3c(N(c4ccc(-c5ccc(-c6cccc7c6oc6ccccc67)cc5)cc4)c4ccc(-c5ccc6c(c5)oc5ccccc56)cc4)cccc32)cc1. The standard InChI is InChI=1S/C67H43NO2/c1-3-15-49(16-4-1)67(50-17-5-2-6-18-50)59-24-10-7-21-58(59)65-60(67)25-14-26-61(65)68(52-40-35-46(36-41-52)48-37-42-56-54-19-8-11-27-62(54)69-64(56)43-48)51-38-33-45(34-39-51)44-29-31-47(32-30-44)53-22-13-23-57-55-20-9-12-28-63(55)70-66(53)57/h1-43H. The number of benzene rings is 11. The third-order valence-electron chi connectivity index (χ3n) is 14.6. The molecule has 328 valence electrons. The molecule has 11 aromatic carbocycles. The molecule has 0 amide bonds. The van der Waals surface area contributed by atoms with E-state index in [-0.39, 0.29) is 0 Å². The van der Waals surface area contributed by atoms with E-state index in [1.54, 1.807) is 0 Å². The van der Waals surface area contributed by atoms with Crippen molar-refractivity contribution in [3.63, 3.8) is 0 Å². The van der Waals surface area contributed by atoms with Gasteiger partial charge in [0.05, 0.1) is 11.1 Å². The Labute approximate surface area is 405 Å². The third kappa shape index (κ3) is 6.15. The Morgan fingerprint density at radius 2 is 0.771 bits per heavy atom. The highest BCUT2D eigenvalue weighted by Crippen LogP contribution is 2.59. The summed E-state index contributed by atoms with van der Waals surface area (Å²) in [4.78, 5) is 2.44. The lowest BCUT2D eigenvalue weighted by Gasteiger charge is -2.34. The maximum atomic E-state index is 6.41. The summed E-state index contributed by atoms with van der Waals surface area (Å²) >= 11 is 0. The van der Waals surface area contributed by atoms with Crippen molar-refractivity contribution in [3.8, 4) is 44.5 Å². The van der Waals surface area contributed by atoms with Crippen molar-refractivity contribution >= 4 is 60.9 Å². The van der Waals surface area contributed by atoms with Gasteiger partial charge in [-0.15, -0.1) is 0 Å². The second-order valence-electron chi connectivity index (χ2n) is 18.3. The fourth-order valence-electron chi connectivity index (χ4n) is 11.4. The van der Waals surface area contributed by atoms with Crippen LogP contribution in [-0.2, 0) is 5.41 Å². The van der Waals surface area contributed by atoms with E-state index in [0.29, 0.717) is 0 Å². The van der Waals surface area contributed by atoms with E-state index in [4.69, 9.17) is 8.83 Å². The second-order valence-corrected chi connectivity index (χ2v) is 18.3. The quantitative estimate of drug-likeness (QED) is 0.152. The van der Waals surface area contributed by atoms with Gasteiger partial charge in [-0.25, -0.2) is 0 Å². The fourth-order valence-corrected chi connectivity index (χ4v) is 11.4. The summed E-state index contributed by atoms with van der Waals surface area (Å²) in [5.74, 6) is 0. The lowest BCUT2D eigenvalue weighted by molar-refractivity contribution is 0.669. The summed E-state index contributed by atoms with van der Waals surface area (Å²) in [6, 6.07) is 94.3. The maximum Gasteiger partial charge on any atom is 0.143 e. The number of anilines is 3. The predicted octanol–water partition coefficient (Wildman–Crippen LogP) is 18.3. The van der Waals surface area contributed by atoms with Crippen LogP contribution >= 0.6 is 0 Å². The largest absolute Gasteiger partial charge is 0.456 e. The molecule has 0 bridgehead atoms. The first-order valence-corrected chi connectivity index (χ1v) is 24.0. The molecule has 0 spiro atoms. The Morgan fingerprint density at radius 3 is 1.46 bits per heavy atom. The molecule has 13 aromatic rings. The number of furan rings is 2. The van der Waals surface area contributed by atoms with Crippen LogP contribution in [-0.4, -0.2) is 0 Å². The number of nitrogens with zero attached hydrogens (tertiary/aromatic N) is 1. The van der Waals surface area contributed by atoms with Gasteiger partial charge >= 0.3 is 0 Å². The molecule has 1 aliphatic carbocycles. The summed E-state index contributed by atoms with van der Waals surface area (Å²) < 4.78 is 12.7. The third-order valence-corrected chi connectivity index (χ3v) is 14.6. The van der Waals surface area contributed by atoms with Crippen LogP contribution in [0.3, 0.4) is 0 Å². The molecule has 2 aromatic heterocycles. The van der Waals surface area contributed by atoms with Gasteiger partial charge in [0.25, 0.3) is 0 Å². The van der Waals surface area contributed by atoms with Gasteiger partial charge in [0.15, 0.2) is 0 Å². The Balaban J connectivity index is 0.900. The van der Waals surface area contributed by atoms with Gasteiger partial charge in [-0.2, -0.15) is 0 Å². The lowest BCUT2D eigenvalue weighted by atomic mass is 9.68. The van der Waals surface area contributed by atoms with Crippen molar-refractivity contribution < 1.29 is 8.83 Å². The minimum atomic E-state index is -0.527.